The molecule has 0 radical (unpaired) electrons. The number of carbonyl (C=O) groups excluding carboxylic acids is 1. The van der Waals surface area contributed by atoms with Crippen LogP contribution in [0.5, 0.6) is 0 Å². The molecule has 1 aliphatic rings. The van der Waals surface area contributed by atoms with Crippen LogP contribution in [0.15, 0.2) is 18.2 Å². The van der Waals surface area contributed by atoms with Crippen LogP contribution in [-0.2, 0) is 11.2 Å². The van der Waals surface area contributed by atoms with Gasteiger partial charge in [-0.25, -0.2) is 0 Å². The normalized spacial score (nSPS) is 21.9. The Morgan fingerprint density at radius 3 is 2.85 bits per heavy atom. The number of benzene rings is 1. The van der Waals surface area contributed by atoms with Crippen LogP contribution in [0.1, 0.15) is 30.0 Å². The van der Waals surface area contributed by atoms with Gasteiger partial charge in [0.1, 0.15) is 0 Å². The molecule has 1 saturated heterocycles. The third-order valence-corrected chi connectivity index (χ3v) is 3.99. The second kappa shape index (κ2) is 7.65. The summed E-state index contributed by atoms with van der Waals surface area (Å²) < 4.78 is 0. The lowest BCUT2D eigenvalue weighted by atomic mass is 9.94. The number of rotatable bonds is 3. The number of nitrogens with one attached hydrogen (secondary N) is 2. The molecule has 0 aromatic heterocycles. The summed E-state index contributed by atoms with van der Waals surface area (Å²) in [6, 6.07) is 6.61. The molecule has 2 rings (SSSR count). The highest BCUT2D eigenvalue weighted by molar-refractivity contribution is 5.85. The highest BCUT2D eigenvalue weighted by atomic mass is 35.5. The average Bonchev–Trinajstić information content (AvgIpc) is 2.37. The lowest BCUT2D eigenvalue weighted by Gasteiger charge is -2.30. The summed E-state index contributed by atoms with van der Waals surface area (Å²) in [5.74, 6) is 0.656. The first kappa shape index (κ1) is 17.0. The van der Waals surface area contributed by atoms with E-state index in [2.05, 4.69) is 49.6 Å². The maximum absolute atomic E-state index is 12.2. The molecule has 2 atom stereocenters. The molecule has 2 N–H and O–H groups in total. The smallest absolute Gasteiger partial charge is 0.224 e. The van der Waals surface area contributed by atoms with Crippen molar-refractivity contribution < 1.29 is 4.79 Å². The molecule has 0 bridgehead atoms. The second-order valence-electron chi connectivity index (χ2n) is 5.75. The van der Waals surface area contributed by atoms with E-state index in [9.17, 15) is 4.79 Å². The summed E-state index contributed by atoms with van der Waals surface area (Å²) in [7, 11) is 0. The molecule has 1 amide bonds. The zero-order valence-electron chi connectivity index (χ0n) is 12.5. The van der Waals surface area contributed by atoms with Gasteiger partial charge in [0.15, 0.2) is 0 Å². The van der Waals surface area contributed by atoms with Gasteiger partial charge in [-0.3, -0.25) is 4.79 Å². The summed E-state index contributed by atoms with van der Waals surface area (Å²) in [6.45, 7) is 8.31. The minimum Gasteiger partial charge on any atom is -0.353 e. The van der Waals surface area contributed by atoms with Crippen molar-refractivity contribution in [1.29, 1.82) is 0 Å². The van der Waals surface area contributed by atoms with Crippen molar-refractivity contribution in [3.05, 3.63) is 34.9 Å². The number of aryl methyl sites for hydroxylation is 2. The van der Waals surface area contributed by atoms with Gasteiger partial charge in [-0.1, -0.05) is 30.7 Å². The number of carbonyl (C=O) groups is 1. The molecule has 1 aromatic rings. The van der Waals surface area contributed by atoms with Crippen molar-refractivity contribution in [2.45, 2.75) is 39.7 Å². The summed E-state index contributed by atoms with van der Waals surface area (Å²) in [4.78, 5) is 12.2. The molecule has 1 aliphatic heterocycles. The fourth-order valence-corrected chi connectivity index (χ4v) is 2.65. The highest BCUT2D eigenvalue weighted by Crippen LogP contribution is 2.13. The summed E-state index contributed by atoms with van der Waals surface area (Å²) in [5, 5.41) is 6.54. The molecule has 1 heterocycles. The summed E-state index contributed by atoms with van der Waals surface area (Å²) in [6.07, 6.45) is 1.52. The van der Waals surface area contributed by atoms with Gasteiger partial charge in [-0.15, -0.1) is 12.4 Å². The fraction of sp³-hybridized carbons (Fsp3) is 0.562. The van der Waals surface area contributed by atoms with E-state index >= 15 is 0 Å². The van der Waals surface area contributed by atoms with Gasteiger partial charge in [-0.05, 0) is 50.4 Å². The topological polar surface area (TPSA) is 41.1 Å². The van der Waals surface area contributed by atoms with Crippen LogP contribution >= 0.6 is 12.4 Å². The maximum Gasteiger partial charge on any atom is 0.224 e. The molecule has 0 aliphatic carbocycles. The van der Waals surface area contributed by atoms with Crippen molar-refractivity contribution >= 4 is 18.3 Å². The first-order valence-corrected chi connectivity index (χ1v) is 7.12. The zero-order valence-corrected chi connectivity index (χ0v) is 13.3. The average molecular weight is 297 g/mol. The summed E-state index contributed by atoms with van der Waals surface area (Å²) >= 11 is 0. The Hall–Kier alpha value is -1.06. The Morgan fingerprint density at radius 1 is 1.40 bits per heavy atom. The molecule has 3 nitrogen and oxygen atoms in total. The Balaban J connectivity index is 0.00000200. The third kappa shape index (κ3) is 4.50. The van der Waals surface area contributed by atoms with Crippen LogP contribution in [0.3, 0.4) is 0 Å². The van der Waals surface area contributed by atoms with Gasteiger partial charge in [0.05, 0.1) is 6.42 Å². The molecule has 1 aromatic carbocycles. The predicted molar refractivity (Wildman–Crippen MR) is 85.4 cm³/mol. The van der Waals surface area contributed by atoms with Gasteiger partial charge in [0, 0.05) is 6.04 Å². The van der Waals surface area contributed by atoms with E-state index in [4.69, 9.17) is 0 Å². The standard InChI is InChI=1S/C16H24N2O.ClH/c1-11-4-5-12(2)14(8-11)9-16(19)18-15-6-7-17-10-13(15)3;/h4-5,8,13,15,17H,6-7,9-10H2,1-3H3,(H,18,19);1H. The monoisotopic (exact) mass is 296 g/mol. The fourth-order valence-electron chi connectivity index (χ4n) is 2.65. The van der Waals surface area contributed by atoms with Crippen molar-refractivity contribution in [3.8, 4) is 0 Å². The van der Waals surface area contributed by atoms with E-state index in [1.165, 1.54) is 11.1 Å². The molecular weight excluding hydrogens is 272 g/mol. The molecular formula is C16H25ClN2O. The van der Waals surface area contributed by atoms with Gasteiger partial charge in [0.2, 0.25) is 5.91 Å². The van der Waals surface area contributed by atoms with E-state index in [-0.39, 0.29) is 18.3 Å². The van der Waals surface area contributed by atoms with E-state index in [0.29, 0.717) is 18.4 Å². The molecule has 112 valence electrons. The van der Waals surface area contributed by atoms with Crippen LogP contribution in [0.2, 0.25) is 0 Å². The number of amides is 1. The number of hydrogen-bond donors (Lipinski definition) is 2. The largest absolute Gasteiger partial charge is 0.353 e. The number of hydrogen-bond acceptors (Lipinski definition) is 2. The first-order valence-electron chi connectivity index (χ1n) is 7.12. The Morgan fingerprint density at radius 2 is 2.15 bits per heavy atom. The lowest BCUT2D eigenvalue weighted by Crippen LogP contribution is -2.48. The van der Waals surface area contributed by atoms with Crippen LogP contribution in [0.4, 0.5) is 0 Å². The van der Waals surface area contributed by atoms with Crippen molar-refractivity contribution in [2.75, 3.05) is 13.1 Å². The molecule has 1 fully saturated rings. The molecule has 0 spiro atoms. The molecule has 2 unspecified atom stereocenters. The third-order valence-electron chi connectivity index (χ3n) is 3.99. The highest BCUT2D eigenvalue weighted by Gasteiger charge is 2.22. The number of halogens is 1. The van der Waals surface area contributed by atoms with Gasteiger partial charge in [0.25, 0.3) is 0 Å². The number of piperidine rings is 1. The Bertz CT molecular complexity index is 462. The summed E-state index contributed by atoms with van der Waals surface area (Å²) in [5.41, 5.74) is 3.54. The Kier molecular flexibility index (Phi) is 6.50. The minimum absolute atomic E-state index is 0. The van der Waals surface area contributed by atoms with Gasteiger partial charge >= 0.3 is 0 Å². The minimum atomic E-state index is 0. The predicted octanol–water partition coefficient (Wildman–Crippen LogP) is 2.38. The quantitative estimate of drug-likeness (QED) is 0.899. The van der Waals surface area contributed by atoms with Gasteiger partial charge in [-0.2, -0.15) is 0 Å². The Labute approximate surface area is 127 Å². The second-order valence-corrected chi connectivity index (χ2v) is 5.75. The van der Waals surface area contributed by atoms with Crippen LogP contribution in [-0.4, -0.2) is 25.0 Å². The molecule has 20 heavy (non-hydrogen) atoms. The van der Waals surface area contributed by atoms with Gasteiger partial charge < -0.3 is 10.6 Å². The van der Waals surface area contributed by atoms with E-state index in [1.807, 2.05) is 0 Å². The van der Waals surface area contributed by atoms with E-state index < -0.39 is 0 Å². The van der Waals surface area contributed by atoms with Crippen LogP contribution in [0, 0.1) is 19.8 Å². The van der Waals surface area contributed by atoms with Crippen LogP contribution in [0.25, 0.3) is 0 Å². The van der Waals surface area contributed by atoms with E-state index in [1.54, 1.807) is 0 Å². The zero-order chi connectivity index (χ0) is 13.8. The van der Waals surface area contributed by atoms with Crippen molar-refractivity contribution in [1.82, 2.24) is 10.6 Å². The van der Waals surface area contributed by atoms with Crippen LogP contribution < -0.4 is 10.6 Å². The first-order chi connectivity index (χ1) is 9.06. The van der Waals surface area contributed by atoms with Crippen molar-refractivity contribution in [2.24, 2.45) is 5.92 Å². The van der Waals surface area contributed by atoms with E-state index in [0.717, 1.165) is 25.1 Å². The maximum atomic E-state index is 12.2. The molecule has 4 heteroatoms. The lowest BCUT2D eigenvalue weighted by molar-refractivity contribution is -0.121. The molecule has 0 saturated carbocycles. The van der Waals surface area contributed by atoms with Crippen molar-refractivity contribution in [3.63, 3.8) is 0 Å². The SMILES string of the molecule is Cc1ccc(C)c(CC(=O)NC2CCNCC2C)c1.Cl.